The fourth-order valence-corrected chi connectivity index (χ4v) is 4.43. The molecule has 1 aromatic carbocycles. The van der Waals surface area contributed by atoms with E-state index >= 15 is 0 Å². The normalized spacial score (nSPS) is 19.3. The van der Waals surface area contributed by atoms with Crippen molar-refractivity contribution in [3.63, 3.8) is 0 Å². The lowest BCUT2D eigenvalue weighted by Gasteiger charge is -2.27. The molecule has 2 aliphatic heterocycles. The molecular weight excluding hydrogens is 368 g/mol. The molecule has 0 spiro atoms. The SMILES string of the molecule is COc1ccccc1C=C1SC(=S)N(CCC(=O)N2CCCCC2)C1=O. The van der Waals surface area contributed by atoms with Crippen molar-refractivity contribution in [2.24, 2.45) is 0 Å². The molecule has 1 aromatic rings. The van der Waals surface area contributed by atoms with Crippen LogP contribution in [0.2, 0.25) is 0 Å². The van der Waals surface area contributed by atoms with E-state index in [0.29, 0.717) is 27.9 Å². The second-order valence-corrected chi connectivity index (χ2v) is 7.94. The number of likely N-dealkylation sites (tertiary alicyclic amines) is 1. The van der Waals surface area contributed by atoms with Crippen LogP contribution in [0.25, 0.3) is 6.08 Å². The third-order valence-corrected chi connectivity index (χ3v) is 5.93. The van der Waals surface area contributed by atoms with Crippen molar-refractivity contribution in [3.05, 3.63) is 34.7 Å². The van der Waals surface area contributed by atoms with Crippen LogP contribution in [0.15, 0.2) is 29.2 Å². The van der Waals surface area contributed by atoms with Crippen LogP contribution in [0.4, 0.5) is 0 Å². The number of para-hydroxylation sites is 1. The number of methoxy groups -OCH3 is 1. The minimum atomic E-state index is -0.141. The smallest absolute Gasteiger partial charge is 0.266 e. The number of carbonyl (C=O) groups excluding carboxylic acids is 2. The van der Waals surface area contributed by atoms with Crippen molar-refractivity contribution in [1.82, 2.24) is 9.80 Å². The number of ether oxygens (including phenoxy) is 1. The second kappa shape index (κ2) is 8.68. The summed E-state index contributed by atoms with van der Waals surface area (Å²) in [6, 6.07) is 7.52. The molecule has 0 unspecified atom stereocenters. The molecule has 2 heterocycles. The first-order valence-electron chi connectivity index (χ1n) is 8.76. The quantitative estimate of drug-likeness (QED) is 0.570. The Kier molecular flexibility index (Phi) is 6.32. The molecule has 0 atom stereocenters. The number of benzene rings is 1. The van der Waals surface area contributed by atoms with Crippen LogP contribution in [-0.2, 0) is 9.59 Å². The number of rotatable bonds is 5. The van der Waals surface area contributed by atoms with Crippen molar-refractivity contribution in [3.8, 4) is 5.75 Å². The fourth-order valence-electron chi connectivity index (χ4n) is 3.13. The number of hydrogen-bond acceptors (Lipinski definition) is 5. The molecule has 0 saturated carbocycles. The number of amides is 2. The summed E-state index contributed by atoms with van der Waals surface area (Å²) >= 11 is 6.62. The summed E-state index contributed by atoms with van der Waals surface area (Å²) in [7, 11) is 1.60. The van der Waals surface area contributed by atoms with Crippen molar-refractivity contribution >= 4 is 46.2 Å². The summed E-state index contributed by atoms with van der Waals surface area (Å²) in [6.45, 7) is 1.99. The Bertz CT molecular complexity index is 742. The van der Waals surface area contributed by atoms with Gasteiger partial charge in [0.25, 0.3) is 5.91 Å². The number of piperidine rings is 1. The summed E-state index contributed by atoms with van der Waals surface area (Å²) in [4.78, 5) is 29.0. The second-order valence-electron chi connectivity index (χ2n) is 6.27. The van der Waals surface area contributed by atoms with Gasteiger partial charge in [-0.3, -0.25) is 14.5 Å². The third-order valence-electron chi connectivity index (χ3n) is 4.56. The van der Waals surface area contributed by atoms with Crippen molar-refractivity contribution < 1.29 is 14.3 Å². The number of nitrogens with zero attached hydrogens (tertiary/aromatic N) is 2. The van der Waals surface area contributed by atoms with Gasteiger partial charge in [0.15, 0.2) is 0 Å². The molecule has 138 valence electrons. The molecule has 0 aliphatic carbocycles. The predicted molar refractivity (Wildman–Crippen MR) is 108 cm³/mol. The van der Waals surface area contributed by atoms with Gasteiger partial charge in [0.2, 0.25) is 5.91 Å². The van der Waals surface area contributed by atoms with Gasteiger partial charge in [0.1, 0.15) is 10.1 Å². The van der Waals surface area contributed by atoms with E-state index in [2.05, 4.69) is 0 Å². The summed E-state index contributed by atoms with van der Waals surface area (Å²) in [5, 5.41) is 0. The van der Waals surface area contributed by atoms with Crippen LogP contribution in [-0.4, -0.2) is 52.7 Å². The molecular formula is C19H22N2O3S2. The summed E-state index contributed by atoms with van der Waals surface area (Å²) in [5.74, 6) is 0.669. The minimum Gasteiger partial charge on any atom is -0.496 e. The molecule has 3 rings (SSSR count). The van der Waals surface area contributed by atoms with Crippen LogP contribution in [0, 0.1) is 0 Å². The van der Waals surface area contributed by atoms with Gasteiger partial charge in [-0.15, -0.1) is 0 Å². The maximum atomic E-state index is 12.7. The average Bonchev–Trinajstić information content (AvgIpc) is 2.94. The Hall–Kier alpha value is -1.86. The lowest BCUT2D eigenvalue weighted by atomic mass is 10.1. The van der Waals surface area contributed by atoms with Crippen LogP contribution in [0.3, 0.4) is 0 Å². The molecule has 0 radical (unpaired) electrons. The molecule has 5 nitrogen and oxygen atoms in total. The first-order valence-corrected chi connectivity index (χ1v) is 9.99. The Labute approximate surface area is 163 Å². The highest BCUT2D eigenvalue weighted by atomic mass is 32.2. The highest BCUT2D eigenvalue weighted by molar-refractivity contribution is 8.26. The first kappa shape index (κ1) is 18.9. The monoisotopic (exact) mass is 390 g/mol. The highest BCUT2D eigenvalue weighted by Crippen LogP contribution is 2.34. The van der Waals surface area contributed by atoms with Crippen molar-refractivity contribution in [1.29, 1.82) is 0 Å². The van der Waals surface area contributed by atoms with Gasteiger partial charge in [-0.1, -0.05) is 42.2 Å². The summed E-state index contributed by atoms with van der Waals surface area (Å²) in [5.41, 5.74) is 0.833. The molecule has 0 bridgehead atoms. The third kappa shape index (κ3) is 4.27. The Morgan fingerprint density at radius 1 is 1.27 bits per heavy atom. The molecule has 2 aliphatic rings. The van der Waals surface area contributed by atoms with Crippen LogP contribution in [0.1, 0.15) is 31.2 Å². The zero-order valence-corrected chi connectivity index (χ0v) is 16.4. The van der Waals surface area contributed by atoms with Gasteiger partial charge in [-0.2, -0.15) is 0 Å². The first-order chi connectivity index (χ1) is 12.6. The largest absolute Gasteiger partial charge is 0.496 e. The number of carbonyl (C=O) groups is 2. The van der Waals surface area contributed by atoms with Crippen molar-refractivity contribution in [2.45, 2.75) is 25.7 Å². The van der Waals surface area contributed by atoms with E-state index in [-0.39, 0.29) is 11.8 Å². The lowest BCUT2D eigenvalue weighted by molar-refractivity contribution is -0.132. The van der Waals surface area contributed by atoms with E-state index in [1.165, 1.54) is 23.1 Å². The molecule has 2 fully saturated rings. The number of thiocarbonyl (C=S) groups is 1. The molecule has 7 heteroatoms. The van der Waals surface area contributed by atoms with Gasteiger partial charge in [-0.05, 0) is 31.4 Å². The Balaban J connectivity index is 1.65. The Morgan fingerprint density at radius 2 is 2.00 bits per heavy atom. The topological polar surface area (TPSA) is 49.9 Å². The fraction of sp³-hybridized carbons (Fsp3) is 0.421. The number of thioether (sulfide) groups is 1. The summed E-state index contributed by atoms with van der Waals surface area (Å²) in [6.07, 6.45) is 5.42. The van der Waals surface area contributed by atoms with Gasteiger partial charge in [-0.25, -0.2) is 0 Å². The van der Waals surface area contributed by atoms with Gasteiger partial charge >= 0.3 is 0 Å². The zero-order valence-electron chi connectivity index (χ0n) is 14.8. The molecule has 26 heavy (non-hydrogen) atoms. The van der Waals surface area contributed by atoms with E-state index in [4.69, 9.17) is 17.0 Å². The standard InChI is InChI=1S/C19H22N2O3S2/c1-24-15-8-4-3-7-14(15)13-16-18(23)21(19(25)26-16)12-9-17(22)20-10-5-2-6-11-20/h3-4,7-8,13H,2,5-6,9-12H2,1H3. The summed E-state index contributed by atoms with van der Waals surface area (Å²) < 4.78 is 5.83. The van der Waals surface area contributed by atoms with E-state index in [1.54, 1.807) is 13.2 Å². The average molecular weight is 391 g/mol. The molecule has 0 aromatic heterocycles. The van der Waals surface area contributed by atoms with Gasteiger partial charge in [0.05, 0.1) is 12.0 Å². The Morgan fingerprint density at radius 3 is 2.73 bits per heavy atom. The molecule has 2 amide bonds. The van der Waals surface area contributed by atoms with Crippen LogP contribution < -0.4 is 4.74 Å². The van der Waals surface area contributed by atoms with Gasteiger partial charge < -0.3 is 9.64 Å². The highest BCUT2D eigenvalue weighted by Gasteiger charge is 2.32. The zero-order chi connectivity index (χ0) is 18.5. The van der Waals surface area contributed by atoms with Crippen LogP contribution >= 0.6 is 24.0 Å². The van der Waals surface area contributed by atoms with E-state index in [9.17, 15) is 9.59 Å². The van der Waals surface area contributed by atoms with E-state index in [0.717, 1.165) is 31.5 Å². The predicted octanol–water partition coefficient (Wildman–Crippen LogP) is 3.30. The number of hydrogen-bond donors (Lipinski definition) is 0. The van der Waals surface area contributed by atoms with E-state index in [1.807, 2.05) is 29.2 Å². The molecule has 0 N–H and O–H groups in total. The lowest BCUT2D eigenvalue weighted by Crippen LogP contribution is -2.38. The van der Waals surface area contributed by atoms with E-state index < -0.39 is 0 Å². The van der Waals surface area contributed by atoms with Crippen molar-refractivity contribution in [2.75, 3.05) is 26.7 Å². The maximum Gasteiger partial charge on any atom is 0.266 e. The van der Waals surface area contributed by atoms with Gasteiger partial charge in [0, 0.05) is 31.6 Å². The van der Waals surface area contributed by atoms with Crippen LogP contribution in [0.5, 0.6) is 5.75 Å². The minimum absolute atomic E-state index is 0.104. The molecule has 2 saturated heterocycles. The maximum absolute atomic E-state index is 12.7.